The molecule has 0 heterocycles. The van der Waals surface area contributed by atoms with Gasteiger partial charge in [0.25, 0.3) is 0 Å². The Balaban J connectivity index is 2.23. The van der Waals surface area contributed by atoms with E-state index in [2.05, 4.69) is 53.2 Å². The van der Waals surface area contributed by atoms with Crippen LogP contribution in [0.2, 0.25) is 0 Å². The van der Waals surface area contributed by atoms with Crippen molar-refractivity contribution >= 4 is 23.6 Å². The molecule has 0 fully saturated rings. The number of carbonyl (C=O) groups excluding carboxylic acids is 1. The van der Waals surface area contributed by atoms with Crippen molar-refractivity contribution in [2.75, 3.05) is 32.9 Å². The monoisotopic (exact) mass is 336 g/mol. The van der Waals surface area contributed by atoms with Crippen LogP contribution in [0.5, 0.6) is 0 Å². The highest BCUT2D eigenvalue weighted by atomic mass is 32.2. The molecule has 3 N–H and O–H groups in total. The second kappa shape index (κ2) is 10.2. The highest BCUT2D eigenvalue weighted by molar-refractivity contribution is 7.99. The van der Waals surface area contributed by atoms with Crippen molar-refractivity contribution in [2.45, 2.75) is 25.0 Å². The third kappa shape index (κ3) is 8.50. The maximum absolute atomic E-state index is 11.9. The SMILES string of the molecule is CN=C(NCC(=O)NCCc1ccccc1)NCC(C)(C)SC. The molecule has 0 aliphatic carbocycles. The van der Waals surface area contributed by atoms with E-state index in [9.17, 15) is 4.79 Å². The molecular weight excluding hydrogens is 308 g/mol. The quantitative estimate of drug-likeness (QED) is 0.499. The molecule has 0 aromatic heterocycles. The van der Waals surface area contributed by atoms with Gasteiger partial charge >= 0.3 is 0 Å². The molecule has 0 saturated heterocycles. The predicted molar refractivity (Wildman–Crippen MR) is 100 cm³/mol. The van der Waals surface area contributed by atoms with Gasteiger partial charge in [0.15, 0.2) is 5.96 Å². The lowest BCUT2D eigenvalue weighted by Gasteiger charge is -2.23. The first-order valence-corrected chi connectivity index (χ1v) is 8.99. The van der Waals surface area contributed by atoms with Gasteiger partial charge in [-0.1, -0.05) is 30.3 Å². The van der Waals surface area contributed by atoms with Gasteiger partial charge in [-0.25, -0.2) is 0 Å². The van der Waals surface area contributed by atoms with Gasteiger partial charge in [0.2, 0.25) is 5.91 Å². The van der Waals surface area contributed by atoms with Gasteiger partial charge in [0.1, 0.15) is 0 Å². The van der Waals surface area contributed by atoms with Crippen LogP contribution in [0, 0.1) is 0 Å². The number of rotatable bonds is 8. The van der Waals surface area contributed by atoms with Gasteiger partial charge < -0.3 is 16.0 Å². The van der Waals surface area contributed by atoms with Gasteiger partial charge in [0.05, 0.1) is 6.54 Å². The Morgan fingerprint density at radius 2 is 1.87 bits per heavy atom. The first-order valence-electron chi connectivity index (χ1n) is 7.77. The second-order valence-corrected chi connectivity index (χ2v) is 7.34. The van der Waals surface area contributed by atoms with Gasteiger partial charge in [-0.2, -0.15) is 11.8 Å². The summed E-state index contributed by atoms with van der Waals surface area (Å²) in [5.74, 6) is 0.610. The highest BCUT2D eigenvalue weighted by Gasteiger charge is 2.16. The standard InChI is InChI=1S/C17H28N4OS/c1-17(2,23-4)13-21-16(18-3)20-12-15(22)19-11-10-14-8-6-5-7-9-14/h5-9H,10-13H2,1-4H3,(H,19,22)(H2,18,20,21). The van der Waals surface area contributed by atoms with Crippen molar-refractivity contribution in [3.05, 3.63) is 35.9 Å². The lowest BCUT2D eigenvalue weighted by molar-refractivity contribution is -0.119. The topological polar surface area (TPSA) is 65.5 Å². The molecular formula is C17H28N4OS. The zero-order valence-corrected chi connectivity index (χ0v) is 15.3. The van der Waals surface area contributed by atoms with Crippen molar-refractivity contribution in [2.24, 2.45) is 4.99 Å². The fraction of sp³-hybridized carbons (Fsp3) is 0.529. The van der Waals surface area contributed by atoms with Crippen molar-refractivity contribution in [1.29, 1.82) is 0 Å². The molecule has 1 amide bonds. The van der Waals surface area contributed by atoms with E-state index < -0.39 is 0 Å². The number of thioether (sulfide) groups is 1. The number of aliphatic imine (C=N–C) groups is 1. The van der Waals surface area contributed by atoms with E-state index in [1.165, 1.54) is 5.56 Å². The number of carbonyl (C=O) groups is 1. The number of hydrogen-bond donors (Lipinski definition) is 3. The van der Waals surface area contributed by atoms with Crippen molar-refractivity contribution in [1.82, 2.24) is 16.0 Å². The Labute approximate surface area is 143 Å². The molecule has 0 aliphatic rings. The minimum Gasteiger partial charge on any atom is -0.355 e. The fourth-order valence-electron chi connectivity index (χ4n) is 1.81. The summed E-state index contributed by atoms with van der Waals surface area (Å²) in [5, 5.41) is 9.17. The highest BCUT2D eigenvalue weighted by Crippen LogP contribution is 2.19. The lowest BCUT2D eigenvalue weighted by atomic mass is 10.1. The van der Waals surface area contributed by atoms with E-state index in [1.807, 2.05) is 18.2 Å². The van der Waals surface area contributed by atoms with Crippen LogP contribution in [0.15, 0.2) is 35.3 Å². The van der Waals surface area contributed by atoms with Crippen LogP contribution >= 0.6 is 11.8 Å². The summed E-state index contributed by atoms with van der Waals surface area (Å²) >= 11 is 1.79. The summed E-state index contributed by atoms with van der Waals surface area (Å²) in [6.45, 7) is 5.95. The first-order chi connectivity index (χ1) is 11.0. The Morgan fingerprint density at radius 1 is 1.17 bits per heavy atom. The summed E-state index contributed by atoms with van der Waals surface area (Å²) < 4.78 is 0.121. The van der Waals surface area contributed by atoms with E-state index >= 15 is 0 Å². The Kier molecular flexibility index (Phi) is 8.55. The minimum absolute atomic E-state index is 0.0343. The van der Waals surface area contributed by atoms with E-state index in [1.54, 1.807) is 18.8 Å². The maximum atomic E-state index is 11.9. The minimum atomic E-state index is -0.0343. The molecule has 0 atom stereocenters. The Morgan fingerprint density at radius 3 is 2.48 bits per heavy atom. The summed E-state index contributed by atoms with van der Waals surface area (Å²) in [7, 11) is 1.70. The summed E-state index contributed by atoms with van der Waals surface area (Å²) in [4.78, 5) is 16.0. The molecule has 0 radical (unpaired) electrons. The zero-order chi connectivity index (χ0) is 17.1. The molecule has 0 spiro atoms. The van der Waals surface area contributed by atoms with Gasteiger partial charge in [-0.05, 0) is 32.1 Å². The molecule has 1 aromatic rings. The van der Waals surface area contributed by atoms with Crippen molar-refractivity contribution in [3.8, 4) is 0 Å². The molecule has 128 valence electrons. The van der Waals surface area contributed by atoms with Crippen LogP contribution in [-0.4, -0.2) is 49.6 Å². The Bertz CT molecular complexity index is 503. The number of hydrogen-bond acceptors (Lipinski definition) is 3. The molecule has 1 aromatic carbocycles. The van der Waals surface area contributed by atoms with Crippen molar-refractivity contribution < 1.29 is 4.79 Å². The summed E-state index contributed by atoms with van der Waals surface area (Å²) in [5.41, 5.74) is 1.22. The fourth-order valence-corrected chi connectivity index (χ4v) is 2.02. The third-order valence-corrected chi connectivity index (χ3v) is 4.70. The average Bonchev–Trinajstić information content (AvgIpc) is 2.56. The molecule has 1 rings (SSSR count). The normalized spacial score (nSPS) is 11.9. The molecule has 5 nitrogen and oxygen atoms in total. The van der Waals surface area contributed by atoms with Crippen LogP contribution in [0.3, 0.4) is 0 Å². The average molecular weight is 337 g/mol. The van der Waals surface area contributed by atoms with E-state index in [0.717, 1.165) is 13.0 Å². The van der Waals surface area contributed by atoms with E-state index in [4.69, 9.17) is 0 Å². The number of benzene rings is 1. The van der Waals surface area contributed by atoms with E-state index in [0.29, 0.717) is 12.5 Å². The number of guanidine groups is 1. The number of nitrogens with zero attached hydrogens (tertiary/aromatic N) is 1. The number of nitrogens with one attached hydrogen (secondary N) is 3. The first kappa shape index (κ1) is 19.4. The summed E-state index contributed by atoms with van der Waals surface area (Å²) in [6.07, 6.45) is 2.92. The second-order valence-electron chi connectivity index (χ2n) is 5.83. The predicted octanol–water partition coefficient (Wildman–Crippen LogP) is 1.65. The largest absolute Gasteiger partial charge is 0.355 e. The van der Waals surface area contributed by atoms with Crippen molar-refractivity contribution in [3.63, 3.8) is 0 Å². The number of amides is 1. The van der Waals surface area contributed by atoms with Crippen LogP contribution in [-0.2, 0) is 11.2 Å². The molecule has 0 bridgehead atoms. The van der Waals surface area contributed by atoms with Crippen LogP contribution in [0.25, 0.3) is 0 Å². The molecule has 23 heavy (non-hydrogen) atoms. The van der Waals surface area contributed by atoms with Gasteiger partial charge in [-0.3, -0.25) is 9.79 Å². The van der Waals surface area contributed by atoms with Gasteiger partial charge in [-0.15, -0.1) is 0 Å². The molecule has 0 saturated carbocycles. The van der Waals surface area contributed by atoms with Crippen LogP contribution < -0.4 is 16.0 Å². The molecule has 0 aliphatic heterocycles. The maximum Gasteiger partial charge on any atom is 0.239 e. The van der Waals surface area contributed by atoms with E-state index in [-0.39, 0.29) is 17.2 Å². The Hall–Kier alpha value is -1.69. The van der Waals surface area contributed by atoms with Crippen LogP contribution in [0.1, 0.15) is 19.4 Å². The third-order valence-electron chi connectivity index (χ3n) is 3.45. The van der Waals surface area contributed by atoms with Crippen LogP contribution in [0.4, 0.5) is 0 Å². The molecule has 6 heteroatoms. The van der Waals surface area contributed by atoms with Gasteiger partial charge in [0, 0.05) is 24.9 Å². The smallest absolute Gasteiger partial charge is 0.239 e. The lowest BCUT2D eigenvalue weighted by Crippen LogP contribution is -2.46. The summed E-state index contributed by atoms with van der Waals surface area (Å²) in [6, 6.07) is 10.1. The molecule has 0 unspecified atom stereocenters. The zero-order valence-electron chi connectivity index (χ0n) is 14.5.